The van der Waals surface area contributed by atoms with Crippen LogP contribution in [0.25, 0.3) is 0 Å². The van der Waals surface area contributed by atoms with Gasteiger partial charge in [-0.15, -0.1) is 0 Å². The number of amides is 2. The second-order valence-corrected chi connectivity index (χ2v) is 5.82. The van der Waals surface area contributed by atoms with Gasteiger partial charge in [0.15, 0.2) is 0 Å². The Bertz CT molecular complexity index is 869. The van der Waals surface area contributed by atoms with Gasteiger partial charge in [0.05, 0.1) is 23.8 Å². The average Bonchev–Trinajstić information content (AvgIpc) is 2.57. The molecule has 2 aromatic carbocycles. The first kappa shape index (κ1) is 18.9. The second-order valence-electron chi connectivity index (χ2n) is 5.82. The molecule has 0 saturated heterocycles. The minimum absolute atomic E-state index is 0.0862. The summed E-state index contributed by atoms with van der Waals surface area (Å²) in [7, 11) is 1.31. The smallest absolute Gasteiger partial charge is 0.314 e. The van der Waals surface area contributed by atoms with Crippen molar-refractivity contribution in [3.05, 3.63) is 57.1 Å². The van der Waals surface area contributed by atoms with Gasteiger partial charge in [-0.25, -0.2) is 0 Å². The summed E-state index contributed by atoms with van der Waals surface area (Å²) in [4.78, 5) is 34.6. The molecule has 2 rings (SSSR count). The van der Waals surface area contributed by atoms with Gasteiger partial charge >= 0.3 is 11.8 Å². The Balaban J connectivity index is 2.18. The van der Waals surface area contributed by atoms with E-state index in [-0.39, 0.29) is 17.1 Å². The van der Waals surface area contributed by atoms with E-state index in [4.69, 9.17) is 4.74 Å². The van der Waals surface area contributed by atoms with Crippen LogP contribution in [0.1, 0.15) is 16.7 Å². The van der Waals surface area contributed by atoms with Crippen LogP contribution in [0.5, 0.6) is 5.75 Å². The van der Waals surface area contributed by atoms with E-state index in [0.29, 0.717) is 5.69 Å². The van der Waals surface area contributed by atoms with Crippen molar-refractivity contribution in [3.8, 4) is 5.75 Å². The van der Waals surface area contributed by atoms with E-state index in [1.165, 1.54) is 25.3 Å². The van der Waals surface area contributed by atoms with E-state index in [1.807, 2.05) is 32.9 Å². The maximum Gasteiger partial charge on any atom is 0.314 e. The van der Waals surface area contributed by atoms with Crippen molar-refractivity contribution in [1.29, 1.82) is 0 Å². The van der Waals surface area contributed by atoms with Crippen LogP contribution in [0.3, 0.4) is 0 Å². The zero-order valence-corrected chi connectivity index (χ0v) is 14.9. The SMILES string of the molecule is COc1cc([N+](=O)[O-])ccc1NC(=O)C(=O)Nc1c(C)cc(C)cc1C. The number of rotatable bonds is 4. The van der Waals surface area contributed by atoms with E-state index in [9.17, 15) is 19.7 Å². The summed E-state index contributed by atoms with van der Waals surface area (Å²) in [5.41, 5.74) is 3.29. The molecule has 0 radical (unpaired) electrons. The molecule has 2 aromatic rings. The molecule has 0 heterocycles. The molecule has 0 atom stereocenters. The summed E-state index contributed by atoms with van der Waals surface area (Å²) < 4.78 is 5.04. The molecule has 0 spiro atoms. The molecule has 0 saturated carbocycles. The van der Waals surface area contributed by atoms with Gasteiger partial charge in [-0.05, 0) is 38.0 Å². The molecular weight excluding hydrogens is 338 g/mol. The Morgan fingerprint density at radius 1 is 1.00 bits per heavy atom. The van der Waals surface area contributed by atoms with Crippen molar-refractivity contribution in [3.63, 3.8) is 0 Å². The van der Waals surface area contributed by atoms with Crippen molar-refractivity contribution in [1.82, 2.24) is 0 Å². The Morgan fingerprint density at radius 2 is 1.58 bits per heavy atom. The predicted octanol–water partition coefficient (Wildman–Crippen LogP) is 3.11. The van der Waals surface area contributed by atoms with Crippen LogP contribution in [0.2, 0.25) is 0 Å². The van der Waals surface area contributed by atoms with Crippen molar-refractivity contribution < 1.29 is 19.2 Å². The summed E-state index contributed by atoms with van der Waals surface area (Å²) >= 11 is 0. The number of carbonyl (C=O) groups excluding carboxylic acids is 2. The summed E-state index contributed by atoms with van der Waals surface area (Å²) in [6.07, 6.45) is 0. The average molecular weight is 357 g/mol. The predicted molar refractivity (Wildman–Crippen MR) is 97.6 cm³/mol. The van der Waals surface area contributed by atoms with Crippen molar-refractivity contribution in [2.24, 2.45) is 0 Å². The van der Waals surface area contributed by atoms with Gasteiger partial charge in [0, 0.05) is 11.8 Å². The highest BCUT2D eigenvalue weighted by atomic mass is 16.6. The Kier molecular flexibility index (Phi) is 5.56. The molecule has 0 fully saturated rings. The van der Waals surface area contributed by atoms with E-state index in [0.717, 1.165) is 16.7 Å². The molecule has 0 aromatic heterocycles. The molecular formula is C18H19N3O5. The fourth-order valence-corrected chi connectivity index (χ4v) is 2.62. The number of nitro benzene ring substituents is 1. The number of nitro groups is 1. The fraction of sp³-hybridized carbons (Fsp3) is 0.222. The van der Waals surface area contributed by atoms with Gasteiger partial charge < -0.3 is 15.4 Å². The standard InChI is InChI=1S/C18H19N3O5/c1-10-7-11(2)16(12(3)8-10)20-18(23)17(22)19-14-6-5-13(21(24)25)9-15(14)26-4/h5-9H,1-4H3,(H,19,22)(H,20,23). The van der Waals surface area contributed by atoms with Crippen LogP contribution in [0, 0.1) is 30.9 Å². The number of ether oxygens (including phenoxy) is 1. The van der Waals surface area contributed by atoms with E-state index in [2.05, 4.69) is 10.6 Å². The number of hydrogen-bond acceptors (Lipinski definition) is 5. The highest BCUT2D eigenvalue weighted by Gasteiger charge is 2.19. The molecule has 0 aliphatic rings. The summed E-state index contributed by atoms with van der Waals surface area (Å²) in [5.74, 6) is -1.67. The quantitative estimate of drug-likeness (QED) is 0.496. The third kappa shape index (κ3) is 4.15. The number of nitrogens with one attached hydrogen (secondary N) is 2. The van der Waals surface area contributed by atoms with Crippen LogP contribution in [-0.4, -0.2) is 23.8 Å². The number of anilines is 2. The maximum absolute atomic E-state index is 12.2. The summed E-state index contributed by atoms with van der Waals surface area (Å²) in [6, 6.07) is 7.50. The molecule has 8 heteroatoms. The first-order valence-corrected chi connectivity index (χ1v) is 7.75. The lowest BCUT2D eigenvalue weighted by atomic mass is 10.1. The van der Waals surface area contributed by atoms with Crippen molar-refractivity contribution in [2.75, 3.05) is 17.7 Å². The largest absolute Gasteiger partial charge is 0.494 e. The van der Waals surface area contributed by atoms with Gasteiger partial charge in [-0.2, -0.15) is 0 Å². The molecule has 8 nitrogen and oxygen atoms in total. The summed E-state index contributed by atoms with van der Waals surface area (Å²) in [6.45, 7) is 5.62. The molecule has 0 bridgehead atoms. The van der Waals surface area contributed by atoms with Crippen LogP contribution in [0.4, 0.5) is 17.1 Å². The molecule has 0 aliphatic heterocycles. The number of methoxy groups -OCH3 is 1. The zero-order chi connectivity index (χ0) is 19.4. The lowest BCUT2D eigenvalue weighted by molar-refractivity contribution is -0.384. The highest BCUT2D eigenvalue weighted by Crippen LogP contribution is 2.29. The number of carbonyl (C=O) groups is 2. The number of nitrogens with zero attached hydrogens (tertiary/aromatic N) is 1. The monoisotopic (exact) mass is 357 g/mol. The lowest BCUT2D eigenvalue weighted by Crippen LogP contribution is -2.29. The maximum atomic E-state index is 12.2. The van der Waals surface area contributed by atoms with E-state index >= 15 is 0 Å². The first-order valence-electron chi connectivity index (χ1n) is 7.75. The van der Waals surface area contributed by atoms with Crippen LogP contribution in [-0.2, 0) is 9.59 Å². The van der Waals surface area contributed by atoms with Crippen LogP contribution < -0.4 is 15.4 Å². The number of benzene rings is 2. The normalized spacial score (nSPS) is 10.2. The van der Waals surface area contributed by atoms with Gasteiger partial charge in [0.25, 0.3) is 5.69 Å². The minimum Gasteiger partial charge on any atom is -0.494 e. The van der Waals surface area contributed by atoms with Crippen molar-refractivity contribution in [2.45, 2.75) is 20.8 Å². The fourth-order valence-electron chi connectivity index (χ4n) is 2.62. The molecule has 136 valence electrons. The molecule has 0 unspecified atom stereocenters. The first-order chi connectivity index (χ1) is 12.2. The third-order valence-corrected chi connectivity index (χ3v) is 3.77. The lowest BCUT2D eigenvalue weighted by Gasteiger charge is -2.13. The van der Waals surface area contributed by atoms with Gasteiger partial charge in [0.2, 0.25) is 0 Å². The Labute approximate surface area is 150 Å². The van der Waals surface area contributed by atoms with Crippen molar-refractivity contribution >= 4 is 28.9 Å². The zero-order valence-electron chi connectivity index (χ0n) is 14.9. The summed E-state index contributed by atoms with van der Waals surface area (Å²) in [5, 5.41) is 15.8. The van der Waals surface area contributed by atoms with E-state index in [1.54, 1.807) is 0 Å². The van der Waals surface area contributed by atoms with Crippen LogP contribution in [0.15, 0.2) is 30.3 Å². The van der Waals surface area contributed by atoms with Gasteiger partial charge in [-0.1, -0.05) is 17.7 Å². The van der Waals surface area contributed by atoms with Gasteiger partial charge in [-0.3, -0.25) is 19.7 Å². The molecule has 0 aliphatic carbocycles. The third-order valence-electron chi connectivity index (χ3n) is 3.77. The van der Waals surface area contributed by atoms with Gasteiger partial charge in [0.1, 0.15) is 5.75 Å². The number of non-ortho nitro benzene ring substituents is 1. The van der Waals surface area contributed by atoms with E-state index < -0.39 is 16.7 Å². The molecule has 2 amide bonds. The molecule has 2 N–H and O–H groups in total. The molecule has 26 heavy (non-hydrogen) atoms. The number of hydrogen-bond donors (Lipinski definition) is 2. The number of aryl methyl sites for hydroxylation is 3. The highest BCUT2D eigenvalue weighted by molar-refractivity contribution is 6.44. The topological polar surface area (TPSA) is 111 Å². The second kappa shape index (κ2) is 7.64. The minimum atomic E-state index is -0.906. The Morgan fingerprint density at radius 3 is 2.12 bits per heavy atom. The van der Waals surface area contributed by atoms with Crippen LogP contribution >= 0.6 is 0 Å². The Hall–Kier alpha value is -3.42.